The summed E-state index contributed by atoms with van der Waals surface area (Å²) in [6.07, 6.45) is 1.07. The summed E-state index contributed by atoms with van der Waals surface area (Å²) in [7, 11) is 0. The number of nitrogens with one attached hydrogen (secondary N) is 1. The van der Waals surface area contributed by atoms with Crippen molar-refractivity contribution in [2.45, 2.75) is 19.4 Å². The fraction of sp³-hybridized carbons (Fsp3) is 0.455. The Hall–Kier alpha value is -0.860. The third kappa shape index (κ3) is 4.06. The van der Waals surface area contributed by atoms with Gasteiger partial charge >= 0.3 is 0 Å². The second-order valence-corrected chi connectivity index (χ2v) is 3.33. The smallest absolute Gasteiger partial charge is 0.0162 e. The van der Waals surface area contributed by atoms with Crippen LogP contribution in [0.1, 0.15) is 12.5 Å². The molecule has 0 aliphatic heterocycles. The molecule has 0 aromatic heterocycles. The average molecular weight is 178 g/mol. The van der Waals surface area contributed by atoms with Crippen LogP contribution in [0.3, 0.4) is 0 Å². The Morgan fingerprint density at radius 2 is 2.00 bits per heavy atom. The highest BCUT2D eigenvalue weighted by Crippen LogP contribution is 1.98. The van der Waals surface area contributed by atoms with Crippen molar-refractivity contribution in [1.82, 2.24) is 5.32 Å². The van der Waals surface area contributed by atoms with Crippen molar-refractivity contribution < 1.29 is 0 Å². The highest BCUT2D eigenvalue weighted by molar-refractivity contribution is 5.14. The summed E-state index contributed by atoms with van der Waals surface area (Å²) in [5, 5.41) is 3.36. The second-order valence-electron chi connectivity index (χ2n) is 3.33. The monoisotopic (exact) mass is 178 g/mol. The zero-order chi connectivity index (χ0) is 9.52. The van der Waals surface area contributed by atoms with Crippen LogP contribution in [0, 0.1) is 0 Å². The zero-order valence-corrected chi connectivity index (χ0v) is 8.16. The largest absolute Gasteiger partial charge is 0.329 e. The van der Waals surface area contributed by atoms with Gasteiger partial charge in [-0.25, -0.2) is 0 Å². The number of hydrogen-bond donors (Lipinski definition) is 2. The van der Waals surface area contributed by atoms with Gasteiger partial charge in [0.25, 0.3) is 0 Å². The summed E-state index contributed by atoms with van der Waals surface area (Å²) in [5.74, 6) is 0. The molecule has 0 spiro atoms. The Bertz CT molecular complexity index is 221. The van der Waals surface area contributed by atoms with Crippen LogP contribution in [-0.2, 0) is 6.42 Å². The van der Waals surface area contributed by atoms with Crippen molar-refractivity contribution in [2.75, 3.05) is 13.1 Å². The summed E-state index contributed by atoms with van der Waals surface area (Å²) in [4.78, 5) is 0. The van der Waals surface area contributed by atoms with Gasteiger partial charge in [-0.2, -0.15) is 0 Å². The van der Waals surface area contributed by atoms with Crippen LogP contribution >= 0.6 is 0 Å². The minimum Gasteiger partial charge on any atom is -0.329 e. The highest BCUT2D eigenvalue weighted by Gasteiger charge is 1.96. The van der Waals surface area contributed by atoms with E-state index < -0.39 is 0 Å². The van der Waals surface area contributed by atoms with Crippen molar-refractivity contribution in [3.05, 3.63) is 35.9 Å². The first-order valence-electron chi connectivity index (χ1n) is 4.80. The normalized spacial score (nSPS) is 12.8. The summed E-state index contributed by atoms with van der Waals surface area (Å²) < 4.78 is 0. The molecule has 1 atom stereocenters. The highest BCUT2D eigenvalue weighted by atomic mass is 14.9. The fourth-order valence-electron chi connectivity index (χ4n) is 1.19. The molecule has 0 unspecified atom stereocenters. The van der Waals surface area contributed by atoms with Crippen LogP contribution in [-0.4, -0.2) is 19.1 Å². The van der Waals surface area contributed by atoms with Crippen LogP contribution < -0.4 is 11.1 Å². The molecule has 0 amide bonds. The standard InChI is InChI=1S/C11H18N2/c1-10(9-12)13-8-7-11-5-3-2-4-6-11/h2-6,10,13H,7-9,12H2,1H3/t10-/m1/s1. The fourth-order valence-corrected chi connectivity index (χ4v) is 1.19. The lowest BCUT2D eigenvalue weighted by atomic mass is 10.1. The molecule has 0 fully saturated rings. The number of rotatable bonds is 5. The molecule has 0 heterocycles. The predicted molar refractivity (Wildman–Crippen MR) is 56.7 cm³/mol. The molecule has 2 heteroatoms. The Balaban J connectivity index is 2.20. The van der Waals surface area contributed by atoms with Gasteiger partial charge in [0, 0.05) is 12.6 Å². The maximum absolute atomic E-state index is 5.49. The third-order valence-electron chi connectivity index (χ3n) is 2.10. The maximum atomic E-state index is 5.49. The molecule has 1 rings (SSSR count). The Labute approximate surface area is 80.1 Å². The lowest BCUT2D eigenvalue weighted by molar-refractivity contribution is 0.559. The van der Waals surface area contributed by atoms with Gasteiger partial charge in [0.05, 0.1) is 0 Å². The van der Waals surface area contributed by atoms with Gasteiger partial charge < -0.3 is 11.1 Å². The van der Waals surface area contributed by atoms with Crippen molar-refractivity contribution >= 4 is 0 Å². The van der Waals surface area contributed by atoms with Gasteiger partial charge in [-0.3, -0.25) is 0 Å². The van der Waals surface area contributed by atoms with Gasteiger partial charge in [0.2, 0.25) is 0 Å². The minimum atomic E-state index is 0.420. The molecule has 3 N–H and O–H groups in total. The number of benzene rings is 1. The van der Waals surface area contributed by atoms with E-state index >= 15 is 0 Å². The molecular formula is C11H18N2. The quantitative estimate of drug-likeness (QED) is 0.710. The maximum Gasteiger partial charge on any atom is 0.0162 e. The van der Waals surface area contributed by atoms with Crippen molar-refractivity contribution in [3.8, 4) is 0 Å². The average Bonchev–Trinajstić information content (AvgIpc) is 2.19. The van der Waals surface area contributed by atoms with Crippen molar-refractivity contribution in [3.63, 3.8) is 0 Å². The van der Waals surface area contributed by atoms with Crippen LogP contribution in [0.25, 0.3) is 0 Å². The molecule has 2 nitrogen and oxygen atoms in total. The first-order chi connectivity index (χ1) is 6.33. The molecule has 0 saturated heterocycles. The van der Waals surface area contributed by atoms with E-state index in [0.29, 0.717) is 12.6 Å². The Kier molecular flexibility index (Phi) is 4.50. The van der Waals surface area contributed by atoms with Crippen molar-refractivity contribution in [2.24, 2.45) is 5.73 Å². The van der Waals surface area contributed by atoms with E-state index in [4.69, 9.17) is 5.73 Å². The summed E-state index contributed by atoms with van der Waals surface area (Å²) in [6.45, 7) is 3.81. The van der Waals surface area contributed by atoms with E-state index in [1.807, 2.05) is 6.07 Å². The first-order valence-corrected chi connectivity index (χ1v) is 4.80. The van der Waals surface area contributed by atoms with E-state index in [0.717, 1.165) is 13.0 Å². The van der Waals surface area contributed by atoms with Gasteiger partial charge in [0.15, 0.2) is 0 Å². The third-order valence-corrected chi connectivity index (χ3v) is 2.10. The minimum absolute atomic E-state index is 0.420. The van der Waals surface area contributed by atoms with Gasteiger partial charge in [-0.15, -0.1) is 0 Å². The topological polar surface area (TPSA) is 38.0 Å². The molecule has 13 heavy (non-hydrogen) atoms. The van der Waals surface area contributed by atoms with E-state index in [1.165, 1.54) is 5.56 Å². The molecule has 1 aromatic rings. The van der Waals surface area contributed by atoms with Gasteiger partial charge in [0.1, 0.15) is 0 Å². The molecular weight excluding hydrogens is 160 g/mol. The molecule has 0 aliphatic carbocycles. The van der Waals surface area contributed by atoms with Gasteiger partial charge in [-0.05, 0) is 25.5 Å². The van der Waals surface area contributed by atoms with Crippen LogP contribution in [0.5, 0.6) is 0 Å². The molecule has 0 saturated carbocycles. The van der Waals surface area contributed by atoms with Gasteiger partial charge in [-0.1, -0.05) is 30.3 Å². The SMILES string of the molecule is C[C@H](CN)NCCc1ccccc1. The molecule has 72 valence electrons. The lowest BCUT2D eigenvalue weighted by Crippen LogP contribution is -2.34. The molecule has 0 aliphatic rings. The summed E-state index contributed by atoms with van der Waals surface area (Å²) in [5.41, 5.74) is 6.86. The van der Waals surface area contributed by atoms with E-state index in [2.05, 4.69) is 36.5 Å². The molecule has 0 bridgehead atoms. The summed E-state index contributed by atoms with van der Waals surface area (Å²) >= 11 is 0. The second kappa shape index (κ2) is 5.73. The van der Waals surface area contributed by atoms with Crippen LogP contribution in [0.15, 0.2) is 30.3 Å². The summed E-state index contributed by atoms with van der Waals surface area (Å²) in [6, 6.07) is 10.9. The van der Waals surface area contributed by atoms with Crippen LogP contribution in [0.4, 0.5) is 0 Å². The molecule has 0 radical (unpaired) electrons. The van der Waals surface area contributed by atoms with E-state index in [9.17, 15) is 0 Å². The molecule has 1 aromatic carbocycles. The first kappa shape index (κ1) is 10.2. The predicted octanol–water partition coefficient (Wildman–Crippen LogP) is 1.17. The Morgan fingerprint density at radius 3 is 2.62 bits per heavy atom. The van der Waals surface area contributed by atoms with Crippen LogP contribution in [0.2, 0.25) is 0 Å². The van der Waals surface area contributed by atoms with E-state index in [1.54, 1.807) is 0 Å². The lowest BCUT2D eigenvalue weighted by Gasteiger charge is -2.10. The Morgan fingerprint density at radius 1 is 1.31 bits per heavy atom. The number of nitrogens with two attached hydrogens (primary N) is 1. The number of hydrogen-bond acceptors (Lipinski definition) is 2. The zero-order valence-electron chi connectivity index (χ0n) is 8.16. The van der Waals surface area contributed by atoms with E-state index in [-0.39, 0.29) is 0 Å². The van der Waals surface area contributed by atoms with Crippen molar-refractivity contribution in [1.29, 1.82) is 0 Å².